The fraction of sp³-hybridized carbons (Fsp3) is 0.413. The molecule has 2 saturated heterocycles. The molecule has 96 heavy (non-hydrogen) atoms. The standard InChI is InChI=1S/C63H72FN13O17P2/c1-36(2)53(72-48(78)17-10-11-19-50(80)75-28-41-15-7-6-13-39(41)22-23-40-14-8-9-16-44(40)75)61(84)70-37(3)59(82)71-42-24-20-38(21-25-42)30-89-63(85)74(4)26-12-18-49(79)73-56-54-58(67-33-65-56)77(35-69-54)51-27-45-46(92-51)31-90-96(87)94-62(55(81)47(88-5)32-91-95(86)93-45)76-29-43(64)52-57(76)66-34-68-60(52)83/h6-9,13-16,20-21,24-25,29,33-37,45-47,51,53,55,62,81,95-96H,10-12,17-19,26-28,30-32H2,1-5H3,(H,70,84)(H,71,82)(H,72,78)(H,66,68,83)(H,65,67,73,79)/t37-,45-,46+,47?,51+,53-,55+,62+/m0/s1. The van der Waals surface area contributed by atoms with Crippen LogP contribution in [0.1, 0.15) is 100 Å². The first kappa shape index (κ1) is 69.7. The first-order chi connectivity index (χ1) is 46.2. The van der Waals surface area contributed by atoms with E-state index in [-0.39, 0.29) is 85.6 Å². The zero-order valence-corrected chi connectivity index (χ0v) is 54.9. The first-order valence-electron chi connectivity index (χ1n) is 30.8. The highest BCUT2D eigenvalue weighted by atomic mass is 31.1. The Labute approximate surface area is 550 Å². The zero-order valence-electron chi connectivity index (χ0n) is 52.9. The van der Waals surface area contributed by atoms with Gasteiger partial charge in [0.2, 0.25) is 29.5 Å². The van der Waals surface area contributed by atoms with Crippen molar-refractivity contribution in [2.24, 2.45) is 5.92 Å². The van der Waals surface area contributed by atoms with Gasteiger partial charge in [-0.15, -0.1) is 0 Å². The molecule has 7 heterocycles. The maximum atomic E-state index is 15.0. The largest absolute Gasteiger partial charge is 0.445 e. The van der Waals surface area contributed by atoms with Crippen molar-refractivity contribution >= 4 is 91.5 Å². The number of hydrogen-bond acceptors (Lipinski definition) is 21. The van der Waals surface area contributed by atoms with Gasteiger partial charge in [0.25, 0.3) is 5.56 Å². The number of halogens is 1. The van der Waals surface area contributed by atoms with Gasteiger partial charge in [0, 0.05) is 69.4 Å². The van der Waals surface area contributed by atoms with Crippen LogP contribution >= 0.6 is 16.5 Å². The number of carbonyl (C=O) groups is 6. The van der Waals surface area contributed by atoms with Crippen LogP contribution in [0.2, 0.25) is 0 Å². The number of rotatable bonds is 21. The average Bonchev–Trinajstić information content (AvgIpc) is 1.61. The number of carbonyl (C=O) groups excluding carboxylic acids is 6. The van der Waals surface area contributed by atoms with E-state index in [1.807, 2.05) is 48.5 Å². The minimum absolute atomic E-state index is 0.0122. The van der Waals surface area contributed by atoms with E-state index in [0.29, 0.717) is 30.6 Å². The molecule has 0 spiro atoms. The number of aromatic nitrogens is 7. The number of fused-ring (bicyclic) bond motifs is 5. The molecule has 3 aliphatic heterocycles. The highest BCUT2D eigenvalue weighted by Gasteiger charge is 2.42. The fourth-order valence-electron chi connectivity index (χ4n) is 10.9. The topological polar surface area (TPSA) is 370 Å². The summed E-state index contributed by atoms with van der Waals surface area (Å²) in [6.45, 7) is 4.48. The first-order valence-corrected chi connectivity index (χ1v) is 33.3. The number of hydrogen-bond donors (Lipinski definition) is 6. The van der Waals surface area contributed by atoms with Gasteiger partial charge in [-0.1, -0.05) is 68.2 Å². The summed E-state index contributed by atoms with van der Waals surface area (Å²) in [5.74, 6) is 3.21. The number of anilines is 3. The molecular weight excluding hydrogens is 1290 g/mol. The Morgan fingerprint density at radius 2 is 1.53 bits per heavy atom. The molecule has 3 aliphatic rings. The number of methoxy groups -OCH3 is 1. The molecule has 0 aliphatic carbocycles. The van der Waals surface area contributed by atoms with Gasteiger partial charge in [-0.25, -0.2) is 29.1 Å². The third kappa shape index (κ3) is 17.1. The number of aliphatic hydroxyl groups excluding tert-OH is 1. The molecular formula is C63H72FN13O17P2. The number of unbranched alkanes of at least 4 members (excludes halogenated alkanes) is 1. The lowest BCUT2D eigenvalue weighted by molar-refractivity contribution is -0.131. The molecule has 2 fully saturated rings. The number of aliphatic hydroxyl groups is 1. The maximum absolute atomic E-state index is 15.0. The number of nitrogens with zero attached hydrogens (tertiary/aromatic N) is 8. The lowest BCUT2D eigenvalue weighted by Crippen LogP contribution is -2.53. The third-order valence-corrected chi connectivity index (χ3v) is 17.9. The van der Waals surface area contributed by atoms with Gasteiger partial charge < -0.3 is 68.9 Å². The lowest BCUT2D eigenvalue weighted by Gasteiger charge is -2.29. The van der Waals surface area contributed by atoms with Crippen molar-refractivity contribution in [2.45, 2.75) is 128 Å². The van der Waals surface area contributed by atoms with E-state index in [1.54, 1.807) is 43.0 Å². The van der Waals surface area contributed by atoms with Crippen LogP contribution in [0.25, 0.3) is 22.2 Å². The van der Waals surface area contributed by atoms with Crippen LogP contribution in [0.4, 0.5) is 26.4 Å². The number of H-pyrrole nitrogens is 1. The molecule has 0 radical (unpaired) electrons. The molecule has 10 rings (SSSR count). The van der Waals surface area contributed by atoms with Crippen molar-refractivity contribution in [3.05, 3.63) is 136 Å². The van der Waals surface area contributed by atoms with Crippen LogP contribution in [0.15, 0.2) is 103 Å². The number of amides is 6. The summed E-state index contributed by atoms with van der Waals surface area (Å²) in [4.78, 5) is 114. The zero-order chi connectivity index (χ0) is 68.2. The summed E-state index contributed by atoms with van der Waals surface area (Å²) < 4.78 is 83.9. The number of benzene rings is 3. The van der Waals surface area contributed by atoms with Crippen molar-refractivity contribution in [3.8, 4) is 11.8 Å². The van der Waals surface area contributed by atoms with E-state index in [4.69, 9.17) is 32.3 Å². The minimum atomic E-state index is -3.59. The predicted molar refractivity (Wildman–Crippen MR) is 345 cm³/mol. The summed E-state index contributed by atoms with van der Waals surface area (Å²) in [6, 6.07) is 19.9. The van der Waals surface area contributed by atoms with Crippen LogP contribution in [0.3, 0.4) is 0 Å². The number of ether oxygens (including phenoxy) is 3. The number of aromatic amines is 1. The van der Waals surface area contributed by atoms with E-state index in [9.17, 15) is 47.8 Å². The van der Waals surface area contributed by atoms with Crippen LogP contribution < -0.4 is 31.7 Å². The Morgan fingerprint density at radius 1 is 0.812 bits per heavy atom. The second-order valence-electron chi connectivity index (χ2n) is 23.2. The third-order valence-electron chi connectivity index (χ3n) is 16.2. The molecule has 0 saturated carbocycles. The Hall–Kier alpha value is -9.08. The van der Waals surface area contributed by atoms with E-state index < -0.39 is 119 Å². The van der Waals surface area contributed by atoms with E-state index in [1.165, 1.54) is 43.2 Å². The van der Waals surface area contributed by atoms with Gasteiger partial charge in [-0.2, -0.15) is 0 Å². The van der Waals surface area contributed by atoms with Crippen molar-refractivity contribution in [1.29, 1.82) is 0 Å². The monoisotopic (exact) mass is 1360 g/mol. The molecule has 4 aromatic heterocycles. The average molecular weight is 1360 g/mol. The molecule has 508 valence electrons. The van der Waals surface area contributed by atoms with E-state index >= 15 is 4.39 Å². The van der Waals surface area contributed by atoms with Gasteiger partial charge in [-0.05, 0) is 73.6 Å². The highest BCUT2D eigenvalue weighted by molar-refractivity contribution is 7.33. The summed E-state index contributed by atoms with van der Waals surface area (Å²) in [7, 11) is -4.23. The maximum Gasteiger partial charge on any atom is 0.409 e. The quantitative estimate of drug-likeness (QED) is 0.0266. The number of imidazole rings is 1. The van der Waals surface area contributed by atoms with Crippen LogP contribution in [-0.4, -0.2) is 150 Å². The molecule has 6 amide bonds. The van der Waals surface area contributed by atoms with Crippen molar-refractivity contribution in [2.75, 3.05) is 49.4 Å². The van der Waals surface area contributed by atoms with E-state index in [0.717, 1.165) is 39.5 Å². The van der Waals surface area contributed by atoms with E-state index in [2.05, 4.69) is 58.0 Å². The van der Waals surface area contributed by atoms with Crippen LogP contribution in [-0.2, 0) is 78.6 Å². The molecule has 30 nitrogen and oxygen atoms in total. The second kappa shape index (κ2) is 32.1. The second-order valence-corrected chi connectivity index (χ2v) is 25.3. The SMILES string of the molecule is COC1CO[PH](=O)O[C@H]2C[C@H](n3cnc4c(NC(=O)CCCN(C)C(=O)OCc5ccc(NC(=O)[C@H](C)NC(=O)[C@@H](NC(=O)CCCCC(=O)N6Cc7ccccc7C#Cc7ccccc76)C(C)C)cc5)ncnc43)O[C@@H]2CO[PH](=O)O[C@@H](n2cc(F)c3c(=O)[nH]cnc32)[C@@H]1O. The predicted octanol–water partition coefficient (Wildman–Crippen LogP) is 6.17. The highest BCUT2D eigenvalue weighted by Crippen LogP contribution is 2.43. The van der Waals surface area contributed by atoms with Gasteiger partial charge in [-0.3, -0.25) is 51.6 Å². The molecule has 10 atom stereocenters. The molecule has 0 bridgehead atoms. The lowest BCUT2D eigenvalue weighted by atomic mass is 10.0. The number of nitrogens with one attached hydrogen (secondary N) is 5. The van der Waals surface area contributed by atoms with Gasteiger partial charge in [0.15, 0.2) is 34.7 Å². The van der Waals surface area contributed by atoms with Gasteiger partial charge in [0.05, 0.1) is 44.2 Å². The molecule has 7 aromatic rings. The summed E-state index contributed by atoms with van der Waals surface area (Å²) in [5.41, 5.74) is 3.64. The van der Waals surface area contributed by atoms with Crippen molar-refractivity contribution in [1.82, 2.24) is 49.6 Å². The molecule has 6 N–H and O–H groups in total. The Kier molecular flexibility index (Phi) is 23.3. The minimum Gasteiger partial charge on any atom is -0.445 e. The fourth-order valence-corrected chi connectivity index (χ4v) is 12.6. The Bertz CT molecular complexity index is 4180. The van der Waals surface area contributed by atoms with Crippen LogP contribution in [0.5, 0.6) is 0 Å². The summed E-state index contributed by atoms with van der Waals surface area (Å²) in [5, 5.41) is 21.9. The molecule has 3 unspecified atom stereocenters. The Balaban J connectivity index is 0.636. The van der Waals surface area contributed by atoms with Crippen molar-refractivity contribution in [3.63, 3.8) is 0 Å². The summed E-state index contributed by atoms with van der Waals surface area (Å²) in [6.07, 6.45) is -2.65. The number of para-hydroxylation sites is 1. The van der Waals surface area contributed by atoms with Crippen LogP contribution in [0, 0.1) is 23.6 Å². The molecule has 33 heteroatoms. The van der Waals surface area contributed by atoms with Gasteiger partial charge in [0.1, 0.15) is 54.9 Å². The van der Waals surface area contributed by atoms with Gasteiger partial charge >= 0.3 is 22.6 Å². The smallest absolute Gasteiger partial charge is 0.409 e. The normalized spacial score (nSPS) is 21.0. The Morgan fingerprint density at radius 3 is 2.31 bits per heavy atom. The van der Waals surface area contributed by atoms with Crippen molar-refractivity contribution < 1.29 is 79.7 Å². The summed E-state index contributed by atoms with van der Waals surface area (Å²) >= 11 is 0. The molecule has 3 aromatic carbocycles.